The van der Waals surface area contributed by atoms with Crippen LogP contribution in [0.1, 0.15) is 354 Å². The highest BCUT2D eigenvalue weighted by Gasteiger charge is 2.16. The highest BCUT2D eigenvalue weighted by Crippen LogP contribution is 2.18. The van der Waals surface area contributed by atoms with E-state index in [-0.39, 0.29) is 25.2 Å². The van der Waals surface area contributed by atoms with Crippen LogP contribution in [0.15, 0.2) is 72.9 Å². The van der Waals surface area contributed by atoms with E-state index < -0.39 is 6.10 Å². The quantitative estimate of drug-likeness (QED) is 0.0373. The first-order valence-corrected chi connectivity index (χ1v) is 34.0. The molecule has 0 aliphatic heterocycles. The number of rotatable bonds is 63. The number of aliphatic hydroxyl groups excluding tert-OH is 1. The summed E-state index contributed by atoms with van der Waals surface area (Å²) in [6.45, 7) is 4.07. The van der Waals surface area contributed by atoms with Gasteiger partial charge in [-0.25, -0.2) is 0 Å². The molecule has 0 aromatic heterocycles. The van der Waals surface area contributed by atoms with Crippen LogP contribution in [-0.4, -0.2) is 36.4 Å². The van der Waals surface area contributed by atoms with Gasteiger partial charge in [0.05, 0.1) is 6.61 Å². The maximum absolute atomic E-state index is 12.3. The predicted octanol–water partition coefficient (Wildman–Crippen LogP) is 23.5. The van der Waals surface area contributed by atoms with Gasteiger partial charge in [-0.15, -0.1) is 0 Å². The van der Waals surface area contributed by atoms with Crippen molar-refractivity contribution in [1.82, 2.24) is 0 Å². The van der Waals surface area contributed by atoms with Crippen LogP contribution < -0.4 is 0 Å². The molecule has 0 bridgehead atoms. The van der Waals surface area contributed by atoms with E-state index in [2.05, 4.69) is 86.8 Å². The molecule has 0 fully saturated rings. The number of aliphatic hydroxyl groups is 1. The fourth-order valence-corrected chi connectivity index (χ4v) is 10.2. The monoisotopic (exact) mass is 1070 g/mol. The highest BCUT2D eigenvalue weighted by molar-refractivity contribution is 5.70. The molecule has 448 valence electrons. The molecule has 1 unspecified atom stereocenters. The Morgan fingerprint density at radius 2 is 0.558 bits per heavy atom. The molecule has 0 aliphatic rings. The number of carbonyl (C=O) groups excluding carboxylic acids is 2. The van der Waals surface area contributed by atoms with Crippen LogP contribution in [0.4, 0.5) is 0 Å². The fraction of sp³-hybridized carbons (Fsp3) is 0.806. The van der Waals surface area contributed by atoms with Gasteiger partial charge >= 0.3 is 11.9 Å². The molecule has 0 aromatic rings. The lowest BCUT2D eigenvalue weighted by Crippen LogP contribution is -2.28. The average molecular weight is 1080 g/mol. The summed E-state index contributed by atoms with van der Waals surface area (Å²) >= 11 is 0. The zero-order valence-electron chi connectivity index (χ0n) is 51.5. The van der Waals surface area contributed by atoms with Crippen LogP contribution in [0.2, 0.25) is 0 Å². The van der Waals surface area contributed by atoms with Crippen molar-refractivity contribution in [3.05, 3.63) is 72.9 Å². The number of hydrogen-bond donors (Lipinski definition) is 1. The summed E-state index contributed by atoms with van der Waals surface area (Å²) in [5.74, 6) is -0.582. The van der Waals surface area contributed by atoms with Gasteiger partial charge in [-0.1, -0.05) is 350 Å². The molecule has 0 amide bonds. The maximum Gasteiger partial charge on any atom is 0.306 e. The van der Waals surface area contributed by atoms with Crippen molar-refractivity contribution in [2.75, 3.05) is 13.2 Å². The zero-order valence-corrected chi connectivity index (χ0v) is 51.5. The summed E-state index contributed by atoms with van der Waals surface area (Å²) in [4.78, 5) is 24.6. The lowest BCUT2D eigenvalue weighted by atomic mass is 10.0. The van der Waals surface area contributed by atoms with Crippen LogP contribution in [0.25, 0.3) is 0 Å². The van der Waals surface area contributed by atoms with Gasteiger partial charge in [-0.2, -0.15) is 0 Å². The minimum Gasteiger partial charge on any atom is -0.462 e. The Hall–Kier alpha value is -2.66. The molecule has 0 heterocycles. The summed E-state index contributed by atoms with van der Waals surface area (Å²) < 4.78 is 10.8. The zero-order chi connectivity index (χ0) is 55.5. The topological polar surface area (TPSA) is 72.8 Å². The fourth-order valence-electron chi connectivity index (χ4n) is 10.2. The van der Waals surface area contributed by atoms with Gasteiger partial charge in [0.25, 0.3) is 0 Å². The Balaban J connectivity index is 3.43. The first kappa shape index (κ1) is 74.3. The maximum atomic E-state index is 12.3. The molecule has 0 aliphatic carbocycles. The second kappa shape index (κ2) is 67.6. The molecule has 0 saturated heterocycles. The molecule has 0 radical (unpaired) electrons. The van der Waals surface area contributed by atoms with Crippen molar-refractivity contribution < 1.29 is 24.2 Å². The van der Waals surface area contributed by atoms with E-state index in [4.69, 9.17) is 9.47 Å². The molecule has 5 nitrogen and oxygen atoms in total. The number of esters is 2. The minimum absolute atomic E-state index is 0.0662. The molecule has 5 heteroatoms. The van der Waals surface area contributed by atoms with E-state index >= 15 is 0 Å². The number of ether oxygens (including phenoxy) is 2. The van der Waals surface area contributed by atoms with Crippen molar-refractivity contribution in [1.29, 1.82) is 0 Å². The standard InChI is InChI=1S/C72H130O5/c1-3-5-7-9-11-13-15-17-19-21-23-25-27-29-31-33-34-35-36-37-39-40-42-44-46-48-50-52-54-56-58-60-62-64-66-71(74)76-69-70(68-73)77-72(75)67-65-63-61-59-57-55-53-51-49-47-45-43-41-38-32-30-28-26-24-22-20-18-16-14-12-10-8-6-4-2/h6,8,12,14,18,20,24,26,30,32,41,43,70,73H,3-5,7,9-11,13,15-17,19,21-23,25,27-29,31,33-40,42,44-69H2,1-2H3/b8-6-,14-12-,20-18-,26-24-,32-30-,43-41-. The van der Waals surface area contributed by atoms with Gasteiger partial charge in [-0.3, -0.25) is 9.59 Å². The van der Waals surface area contributed by atoms with Crippen molar-refractivity contribution in [2.45, 2.75) is 360 Å². The lowest BCUT2D eigenvalue weighted by Gasteiger charge is -2.15. The van der Waals surface area contributed by atoms with Gasteiger partial charge in [0, 0.05) is 12.8 Å². The molecule has 0 spiro atoms. The second-order valence-corrected chi connectivity index (χ2v) is 22.9. The van der Waals surface area contributed by atoms with Crippen LogP contribution in [0, 0.1) is 0 Å². The Morgan fingerprint density at radius 1 is 0.312 bits per heavy atom. The first-order chi connectivity index (χ1) is 38.1. The number of unbranched alkanes of at least 4 members (excludes halogenated alkanes) is 43. The predicted molar refractivity (Wildman–Crippen MR) is 339 cm³/mol. The molecule has 1 atom stereocenters. The van der Waals surface area contributed by atoms with Crippen LogP contribution in [0.3, 0.4) is 0 Å². The number of allylic oxidation sites excluding steroid dienone is 12. The lowest BCUT2D eigenvalue weighted by molar-refractivity contribution is -0.161. The third-order valence-corrected chi connectivity index (χ3v) is 15.3. The summed E-state index contributed by atoms with van der Waals surface area (Å²) in [5.41, 5.74) is 0. The van der Waals surface area contributed by atoms with E-state index in [1.807, 2.05) is 0 Å². The molecule has 1 N–H and O–H groups in total. The van der Waals surface area contributed by atoms with Crippen molar-refractivity contribution in [3.8, 4) is 0 Å². The minimum atomic E-state index is -0.778. The molecule has 0 aromatic carbocycles. The summed E-state index contributed by atoms with van der Waals surface area (Å²) in [6.07, 6.45) is 93.6. The van der Waals surface area contributed by atoms with Crippen LogP contribution in [0.5, 0.6) is 0 Å². The third kappa shape index (κ3) is 65.8. The summed E-state index contributed by atoms with van der Waals surface area (Å²) in [5, 5.41) is 9.69. The summed E-state index contributed by atoms with van der Waals surface area (Å²) in [6, 6.07) is 0. The normalized spacial score (nSPS) is 12.6. The summed E-state index contributed by atoms with van der Waals surface area (Å²) in [7, 11) is 0. The average Bonchev–Trinajstić information content (AvgIpc) is 3.43. The molecule has 0 rings (SSSR count). The van der Waals surface area contributed by atoms with Crippen molar-refractivity contribution >= 4 is 11.9 Å². The highest BCUT2D eigenvalue weighted by atomic mass is 16.6. The Bertz CT molecular complexity index is 1360. The van der Waals surface area contributed by atoms with Gasteiger partial charge < -0.3 is 14.6 Å². The van der Waals surface area contributed by atoms with E-state index in [9.17, 15) is 14.7 Å². The number of carbonyl (C=O) groups is 2. The van der Waals surface area contributed by atoms with E-state index in [0.29, 0.717) is 12.8 Å². The van der Waals surface area contributed by atoms with E-state index in [1.54, 1.807) is 0 Å². The van der Waals surface area contributed by atoms with E-state index in [1.165, 1.54) is 250 Å². The van der Waals surface area contributed by atoms with Crippen LogP contribution in [-0.2, 0) is 19.1 Å². The van der Waals surface area contributed by atoms with Crippen molar-refractivity contribution in [2.24, 2.45) is 0 Å². The Kier molecular flexibility index (Phi) is 65.3. The Morgan fingerprint density at radius 3 is 0.844 bits per heavy atom. The second-order valence-electron chi connectivity index (χ2n) is 22.9. The largest absolute Gasteiger partial charge is 0.462 e. The van der Waals surface area contributed by atoms with Gasteiger partial charge in [0.15, 0.2) is 6.10 Å². The third-order valence-electron chi connectivity index (χ3n) is 15.3. The van der Waals surface area contributed by atoms with Crippen molar-refractivity contribution in [3.63, 3.8) is 0 Å². The SMILES string of the molecule is CC/C=C\C/C=C\C/C=C\C/C=C\C/C=C\C/C=C\CCCCCCCCCCCCC(=O)OC(CO)COC(=O)CCCCCCCCCCCCCCCCCCCCCCCCCCCCCCCCCCCC. The number of hydrogen-bond acceptors (Lipinski definition) is 5. The molecule has 0 saturated carbocycles. The van der Waals surface area contributed by atoms with Gasteiger partial charge in [0.1, 0.15) is 6.61 Å². The smallest absolute Gasteiger partial charge is 0.306 e. The van der Waals surface area contributed by atoms with Crippen LogP contribution >= 0.6 is 0 Å². The molecular formula is C72H130O5. The van der Waals surface area contributed by atoms with Gasteiger partial charge in [0.2, 0.25) is 0 Å². The van der Waals surface area contributed by atoms with Gasteiger partial charge in [-0.05, 0) is 64.2 Å². The van der Waals surface area contributed by atoms with E-state index in [0.717, 1.165) is 77.0 Å². The first-order valence-electron chi connectivity index (χ1n) is 34.0. The molecular weight excluding hydrogens is 945 g/mol. The Labute approximate surface area is 480 Å². The molecule has 77 heavy (non-hydrogen) atoms.